The number of hydrogen-bond donors (Lipinski definition) is 2. The fraction of sp³-hybridized carbons (Fsp3) is 0.550. The van der Waals surface area contributed by atoms with E-state index in [-0.39, 0.29) is 41.4 Å². The molecule has 4 aliphatic rings. The fourth-order valence-corrected chi connectivity index (χ4v) is 10.6. The van der Waals surface area contributed by atoms with Crippen LogP contribution < -0.4 is 14.8 Å². The van der Waals surface area contributed by atoms with Gasteiger partial charge in [-0.15, -0.1) is 0 Å². The summed E-state index contributed by atoms with van der Waals surface area (Å²) in [5.41, 5.74) is 4.00. The molecule has 71 heavy (non-hydrogen) atoms. The minimum absolute atomic E-state index is 0.0419. The molecule has 0 amide bonds. The maximum atomic E-state index is 15.4. The minimum atomic E-state index is -0.761. The Morgan fingerprint density at radius 2 is 1.18 bits per heavy atom. The molecule has 8 rings (SSSR count). The van der Waals surface area contributed by atoms with E-state index in [1.165, 1.54) is 31.7 Å². The van der Waals surface area contributed by atoms with Gasteiger partial charge in [0.1, 0.15) is 23.1 Å². The number of piperidine rings is 2. The molecule has 4 aromatic carbocycles. The van der Waals surface area contributed by atoms with Gasteiger partial charge in [0.25, 0.3) is 0 Å². The standard InChI is InChI=1S/C29H38FNO3.C23H27FO2.C8H15NO2/c1-29(2,3)23-11-15-25(16-12-23)34-24-13-9-20(10-14-24)26-8-4-6-21(27(26)30)18-31-17-5-7-22(19-31)28(32)33;1-23(2,3)18-9-13-20(14-10-18)26-19-11-7-16(8-12-19)21-6-4-5-17(15-25)22(21)24;1-2-11-8(10)7-4-3-5-9-6-7/h4,6,8-10,13-14,22-23,25H,5,7,11-12,15-19H2,1-3H3,(H,32,33);4-8,11-12,15,18,20H,9-10,13-14H2,1-3H3;7,9H,2-6H2,1H3. The van der Waals surface area contributed by atoms with Gasteiger partial charge >= 0.3 is 11.9 Å². The lowest BCUT2D eigenvalue weighted by atomic mass is 9.72. The molecule has 2 N–H and O–H groups in total. The molecule has 2 saturated heterocycles. The van der Waals surface area contributed by atoms with Gasteiger partial charge in [0, 0.05) is 36.3 Å². The van der Waals surface area contributed by atoms with Crippen molar-refractivity contribution in [2.45, 2.75) is 144 Å². The summed E-state index contributed by atoms with van der Waals surface area (Å²) < 4.78 is 47.0. The Hall–Kier alpha value is -5.13. The number of benzene rings is 4. The zero-order valence-corrected chi connectivity index (χ0v) is 43.5. The van der Waals surface area contributed by atoms with Crippen LogP contribution in [0.25, 0.3) is 22.3 Å². The summed E-state index contributed by atoms with van der Waals surface area (Å²) in [5, 5.41) is 12.5. The number of carbonyl (C=O) groups is 3. The van der Waals surface area contributed by atoms with Gasteiger partial charge in [-0.2, -0.15) is 0 Å². The Bertz CT molecular complexity index is 2300. The van der Waals surface area contributed by atoms with Gasteiger partial charge in [-0.3, -0.25) is 19.3 Å². The molecule has 2 unspecified atom stereocenters. The normalized spacial score (nSPS) is 22.9. The van der Waals surface area contributed by atoms with Gasteiger partial charge in [-0.1, -0.05) is 96.1 Å². The first kappa shape index (κ1) is 55.2. The third-order valence-corrected chi connectivity index (χ3v) is 15.1. The summed E-state index contributed by atoms with van der Waals surface area (Å²) in [5.74, 6) is 1.41. The van der Waals surface area contributed by atoms with E-state index in [1.54, 1.807) is 24.3 Å². The number of esters is 1. The lowest BCUT2D eigenvalue weighted by Crippen LogP contribution is -2.38. The number of aliphatic carboxylic acids is 1. The number of nitrogens with one attached hydrogen (secondary N) is 1. The molecular weight excluding hydrogens is 899 g/mol. The van der Waals surface area contributed by atoms with Gasteiger partial charge in [0.15, 0.2) is 6.29 Å². The van der Waals surface area contributed by atoms with Gasteiger partial charge < -0.3 is 24.6 Å². The summed E-state index contributed by atoms with van der Waals surface area (Å²) in [6.45, 7) is 19.8. The molecule has 0 bridgehead atoms. The van der Waals surface area contributed by atoms with Crippen molar-refractivity contribution in [3.05, 3.63) is 108 Å². The number of carboxylic acid groups (broad SMARTS) is 1. The third kappa shape index (κ3) is 16.2. The van der Waals surface area contributed by atoms with Crippen molar-refractivity contribution >= 4 is 18.2 Å². The van der Waals surface area contributed by atoms with Crippen LogP contribution in [-0.4, -0.2) is 73.2 Å². The number of nitrogens with zero attached hydrogens (tertiary/aromatic N) is 1. The average molecular weight is 979 g/mol. The summed E-state index contributed by atoms with van der Waals surface area (Å²) in [7, 11) is 0. The van der Waals surface area contributed by atoms with Crippen LogP contribution in [0.15, 0.2) is 84.9 Å². The van der Waals surface area contributed by atoms with Crippen LogP contribution in [0, 0.1) is 46.1 Å². The predicted molar refractivity (Wildman–Crippen MR) is 279 cm³/mol. The Balaban J connectivity index is 0.000000196. The van der Waals surface area contributed by atoms with Crippen LogP contribution in [-0.2, 0) is 20.9 Å². The SMILES string of the molecule is CC(C)(C)C1CCC(Oc2ccc(-c3cccc(C=O)c3F)cc2)CC1.CC(C)(C)C1CCC(Oc2ccc(-c3cccc(CN4CCCC(C(=O)O)C4)c3F)cc2)CC1.CCOC(=O)C1CCCNC1. The first-order valence-corrected chi connectivity index (χ1v) is 26.3. The quantitative estimate of drug-likeness (QED) is 0.106. The molecule has 2 aliphatic carbocycles. The fourth-order valence-electron chi connectivity index (χ4n) is 10.6. The number of aldehydes is 1. The molecule has 0 radical (unpaired) electrons. The highest BCUT2D eigenvalue weighted by Gasteiger charge is 2.32. The third-order valence-electron chi connectivity index (χ3n) is 15.1. The number of rotatable bonds is 12. The second-order valence-electron chi connectivity index (χ2n) is 22.3. The molecule has 11 heteroatoms. The van der Waals surface area contributed by atoms with Gasteiger partial charge in [0.2, 0.25) is 0 Å². The summed E-state index contributed by atoms with van der Waals surface area (Å²) in [6.07, 6.45) is 13.8. The number of carbonyl (C=O) groups excluding carboxylic acids is 2. The van der Waals surface area contributed by atoms with E-state index in [1.807, 2.05) is 61.5 Å². The topological polar surface area (TPSA) is 114 Å². The summed E-state index contributed by atoms with van der Waals surface area (Å²) >= 11 is 0. The van der Waals surface area contributed by atoms with Gasteiger partial charge in [0.05, 0.1) is 36.2 Å². The molecule has 0 aromatic heterocycles. The van der Waals surface area contributed by atoms with E-state index < -0.39 is 11.8 Å². The van der Waals surface area contributed by atoms with Crippen molar-refractivity contribution in [3.8, 4) is 33.8 Å². The number of ether oxygens (including phenoxy) is 3. The highest BCUT2D eigenvalue weighted by Crippen LogP contribution is 2.40. The molecule has 4 fully saturated rings. The largest absolute Gasteiger partial charge is 0.490 e. The highest BCUT2D eigenvalue weighted by molar-refractivity contribution is 5.80. The lowest BCUT2D eigenvalue weighted by molar-refractivity contribution is -0.148. The maximum Gasteiger partial charge on any atom is 0.310 e. The first-order chi connectivity index (χ1) is 33.9. The van der Waals surface area contributed by atoms with Crippen LogP contribution in [0.3, 0.4) is 0 Å². The van der Waals surface area contributed by atoms with Crippen molar-refractivity contribution in [3.63, 3.8) is 0 Å². The average Bonchev–Trinajstić information content (AvgIpc) is 3.36. The molecule has 2 heterocycles. The molecule has 2 atom stereocenters. The van der Waals surface area contributed by atoms with E-state index in [0.29, 0.717) is 59.9 Å². The van der Waals surface area contributed by atoms with E-state index in [2.05, 4.69) is 51.8 Å². The molecule has 0 spiro atoms. The second kappa shape index (κ2) is 26.0. The van der Waals surface area contributed by atoms with E-state index in [0.717, 1.165) is 99.0 Å². The maximum absolute atomic E-state index is 15.4. The number of halogens is 2. The van der Waals surface area contributed by atoms with Crippen molar-refractivity contribution in [1.29, 1.82) is 0 Å². The second-order valence-corrected chi connectivity index (χ2v) is 22.3. The smallest absolute Gasteiger partial charge is 0.310 e. The van der Waals surface area contributed by atoms with Gasteiger partial charge in [-0.25, -0.2) is 8.78 Å². The minimum Gasteiger partial charge on any atom is -0.490 e. The molecular formula is C60H80F2N2O7. The number of hydrogen-bond acceptors (Lipinski definition) is 8. The van der Waals surface area contributed by atoms with Crippen LogP contribution in [0.4, 0.5) is 8.78 Å². The summed E-state index contributed by atoms with van der Waals surface area (Å²) in [4.78, 5) is 35.5. The first-order valence-electron chi connectivity index (χ1n) is 26.3. The highest BCUT2D eigenvalue weighted by atomic mass is 19.1. The van der Waals surface area contributed by atoms with Crippen LogP contribution >= 0.6 is 0 Å². The zero-order valence-electron chi connectivity index (χ0n) is 43.5. The number of likely N-dealkylation sites (tertiary alicyclic amines) is 1. The molecule has 2 aliphatic heterocycles. The Labute approximate surface area is 422 Å². The van der Waals surface area contributed by atoms with Crippen LogP contribution in [0.1, 0.15) is 141 Å². The number of carboxylic acids is 1. The van der Waals surface area contributed by atoms with Crippen molar-refractivity contribution in [2.75, 3.05) is 32.8 Å². The van der Waals surface area contributed by atoms with Crippen molar-refractivity contribution in [2.24, 2.45) is 34.5 Å². The zero-order chi connectivity index (χ0) is 51.1. The summed E-state index contributed by atoms with van der Waals surface area (Å²) in [6, 6.07) is 25.6. The molecule has 2 saturated carbocycles. The molecule has 386 valence electrons. The van der Waals surface area contributed by atoms with Crippen LogP contribution in [0.5, 0.6) is 11.5 Å². The molecule has 9 nitrogen and oxygen atoms in total. The lowest BCUT2D eigenvalue weighted by Gasteiger charge is -2.37. The predicted octanol–water partition coefficient (Wildman–Crippen LogP) is 13.6. The Morgan fingerprint density at radius 3 is 1.65 bits per heavy atom. The Kier molecular flexibility index (Phi) is 20.2. The van der Waals surface area contributed by atoms with Crippen LogP contribution in [0.2, 0.25) is 0 Å². The van der Waals surface area contributed by atoms with Gasteiger partial charge in [-0.05, 0) is 161 Å². The van der Waals surface area contributed by atoms with E-state index in [9.17, 15) is 23.9 Å². The van der Waals surface area contributed by atoms with Crippen molar-refractivity contribution in [1.82, 2.24) is 10.2 Å². The monoisotopic (exact) mass is 979 g/mol. The van der Waals surface area contributed by atoms with E-state index in [4.69, 9.17) is 14.2 Å². The van der Waals surface area contributed by atoms with E-state index >= 15 is 4.39 Å². The Morgan fingerprint density at radius 1 is 0.676 bits per heavy atom. The molecule has 4 aromatic rings. The van der Waals surface area contributed by atoms with Crippen molar-refractivity contribution < 1.29 is 42.5 Å².